The summed E-state index contributed by atoms with van der Waals surface area (Å²) >= 11 is 0. The van der Waals surface area contributed by atoms with Crippen LogP contribution in [0.25, 0.3) is 0 Å². The molecule has 0 bridgehead atoms. The zero-order valence-corrected chi connectivity index (χ0v) is 12.3. The first kappa shape index (κ1) is 17.2. The molecule has 0 aliphatic carbocycles. The lowest BCUT2D eigenvalue weighted by Gasteiger charge is -2.25. The van der Waals surface area contributed by atoms with Crippen LogP contribution in [0.15, 0.2) is 18.2 Å². The van der Waals surface area contributed by atoms with E-state index in [0.717, 1.165) is 6.07 Å². The van der Waals surface area contributed by atoms with Gasteiger partial charge in [-0.1, -0.05) is 13.8 Å². The van der Waals surface area contributed by atoms with Gasteiger partial charge >= 0.3 is 6.18 Å². The maximum Gasteiger partial charge on any atom is 0.418 e. The van der Waals surface area contributed by atoms with Crippen molar-refractivity contribution in [3.8, 4) is 11.8 Å². The molecular formula is C15H19F3N2O. The summed E-state index contributed by atoms with van der Waals surface area (Å²) in [6, 6.07) is 5.87. The highest BCUT2D eigenvalue weighted by Crippen LogP contribution is 2.37. The SMILES string of the molecule is COc1ccc(NCC(C)(C)CCC#N)c(C(F)(F)F)c1. The highest BCUT2D eigenvalue weighted by molar-refractivity contribution is 5.55. The molecule has 0 unspecified atom stereocenters. The Morgan fingerprint density at radius 3 is 2.48 bits per heavy atom. The Hall–Kier alpha value is -1.90. The Kier molecular flexibility index (Phi) is 5.47. The number of hydrogen-bond acceptors (Lipinski definition) is 3. The number of rotatable bonds is 6. The second-order valence-electron chi connectivity index (χ2n) is 5.59. The summed E-state index contributed by atoms with van der Waals surface area (Å²) < 4.78 is 44.0. The van der Waals surface area contributed by atoms with E-state index in [2.05, 4.69) is 5.32 Å². The molecule has 0 saturated heterocycles. The van der Waals surface area contributed by atoms with Gasteiger partial charge in [0.05, 0.1) is 18.7 Å². The number of halogens is 3. The maximum atomic E-state index is 13.0. The Labute approximate surface area is 122 Å². The molecule has 0 aliphatic rings. The predicted molar refractivity (Wildman–Crippen MR) is 75.1 cm³/mol. The topological polar surface area (TPSA) is 45.0 Å². The molecule has 1 rings (SSSR count). The van der Waals surface area contributed by atoms with Gasteiger partial charge in [-0.3, -0.25) is 0 Å². The van der Waals surface area contributed by atoms with Crippen molar-refractivity contribution in [1.29, 1.82) is 5.26 Å². The van der Waals surface area contributed by atoms with Crippen LogP contribution < -0.4 is 10.1 Å². The van der Waals surface area contributed by atoms with E-state index in [1.807, 2.05) is 19.9 Å². The molecule has 3 nitrogen and oxygen atoms in total. The summed E-state index contributed by atoms with van der Waals surface area (Å²) in [7, 11) is 1.33. The van der Waals surface area contributed by atoms with Crippen LogP contribution >= 0.6 is 0 Å². The molecule has 0 heterocycles. The quantitative estimate of drug-likeness (QED) is 0.844. The monoisotopic (exact) mass is 300 g/mol. The third kappa shape index (κ3) is 5.18. The summed E-state index contributed by atoms with van der Waals surface area (Å²) in [6.45, 7) is 4.17. The van der Waals surface area contributed by atoms with Crippen LogP contribution in [-0.2, 0) is 6.18 Å². The largest absolute Gasteiger partial charge is 0.497 e. The first-order valence-electron chi connectivity index (χ1n) is 6.56. The molecule has 0 amide bonds. The molecule has 0 radical (unpaired) electrons. The van der Waals surface area contributed by atoms with Crippen molar-refractivity contribution in [3.63, 3.8) is 0 Å². The molecule has 1 aromatic rings. The fraction of sp³-hybridized carbons (Fsp3) is 0.533. The molecule has 21 heavy (non-hydrogen) atoms. The van der Waals surface area contributed by atoms with Crippen LogP contribution in [0.1, 0.15) is 32.3 Å². The van der Waals surface area contributed by atoms with Crippen LogP contribution in [0.5, 0.6) is 5.75 Å². The fourth-order valence-electron chi connectivity index (χ4n) is 1.86. The minimum absolute atomic E-state index is 0.0216. The molecule has 0 spiro atoms. The van der Waals surface area contributed by atoms with Gasteiger partial charge in [0.25, 0.3) is 0 Å². The molecule has 0 atom stereocenters. The number of anilines is 1. The molecule has 1 N–H and O–H groups in total. The van der Waals surface area contributed by atoms with E-state index in [4.69, 9.17) is 10.00 Å². The van der Waals surface area contributed by atoms with Gasteiger partial charge in [-0.15, -0.1) is 0 Å². The van der Waals surface area contributed by atoms with E-state index >= 15 is 0 Å². The van der Waals surface area contributed by atoms with Gasteiger partial charge in [0, 0.05) is 18.7 Å². The lowest BCUT2D eigenvalue weighted by Crippen LogP contribution is -2.24. The highest BCUT2D eigenvalue weighted by atomic mass is 19.4. The van der Waals surface area contributed by atoms with Crippen molar-refractivity contribution in [2.45, 2.75) is 32.9 Å². The van der Waals surface area contributed by atoms with Crippen molar-refractivity contribution in [2.75, 3.05) is 19.0 Å². The summed E-state index contributed by atoms with van der Waals surface area (Å²) in [5, 5.41) is 11.4. The average molecular weight is 300 g/mol. The number of nitrogens with zero attached hydrogens (tertiary/aromatic N) is 1. The number of nitrogens with one attached hydrogen (secondary N) is 1. The zero-order chi connectivity index (χ0) is 16.1. The Morgan fingerprint density at radius 1 is 1.29 bits per heavy atom. The van der Waals surface area contributed by atoms with Gasteiger partial charge < -0.3 is 10.1 Å². The smallest absolute Gasteiger partial charge is 0.418 e. The summed E-state index contributed by atoms with van der Waals surface area (Å²) in [4.78, 5) is 0. The predicted octanol–water partition coefficient (Wildman–Crippen LogP) is 4.46. The van der Waals surface area contributed by atoms with Crippen molar-refractivity contribution in [2.24, 2.45) is 5.41 Å². The number of methoxy groups -OCH3 is 1. The van der Waals surface area contributed by atoms with Crippen LogP contribution in [-0.4, -0.2) is 13.7 Å². The van der Waals surface area contributed by atoms with Gasteiger partial charge in [-0.2, -0.15) is 18.4 Å². The number of alkyl halides is 3. The minimum atomic E-state index is -4.45. The third-order valence-corrected chi connectivity index (χ3v) is 3.20. The van der Waals surface area contributed by atoms with E-state index in [1.54, 1.807) is 0 Å². The van der Waals surface area contributed by atoms with E-state index in [-0.39, 0.29) is 16.9 Å². The van der Waals surface area contributed by atoms with Crippen molar-refractivity contribution in [3.05, 3.63) is 23.8 Å². The fourth-order valence-corrected chi connectivity index (χ4v) is 1.86. The number of nitriles is 1. The Balaban J connectivity index is 2.91. The average Bonchev–Trinajstić information content (AvgIpc) is 2.42. The standard InChI is InChI=1S/C15H19F3N2O/c1-14(2,7-4-8-19)10-20-13-6-5-11(21-3)9-12(13)15(16,17)18/h5-6,9,20H,4,7,10H2,1-3H3. The van der Waals surface area contributed by atoms with Crippen molar-refractivity contribution < 1.29 is 17.9 Å². The normalized spacial score (nSPS) is 11.9. The van der Waals surface area contributed by atoms with E-state index < -0.39 is 11.7 Å². The molecule has 6 heteroatoms. The summed E-state index contributed by atoms with van der Waals surface area (Å²) in [6.07, 6.45) is -3.45. The maximum absolute atomic E-state index is 13.0. The molecule has 116 valence electrons. The number of benzene rings is 1. The van der Waals surface area contributed by atoms with Gasteiger partial charge in [-0.05, 0) is 30.0 Å². The summed E-state index contributed by atoms with van der Waals surface area (Å²) in [5.74, 6) is 0.164. The first-order chi connectivity index (χ1) is 9.69. The van der Waals surface area contributed by atoms with Crippen molar-refractivity contribution >= 4 is 5.69 Å². The lowest BCUT2D eigenvalue weighted by molar-refractivity contribution is -0.137. The van der Waals surface area contributed by atoms with E-state index in [1.165, 1.54) is 19.2 Å². The molecular weight excluding hydrogens is 281 g/mol. The highest BCUT2D eigenvalue weighted by Gasteiger charge is 2.34. The Bertz CT molecular complexity index is 519. The van der Waals surface area contributed by atoms with Gasteiger partial charge in [0.1, 0.15) is 5.75 Å². The molecule has 0 saturated carbocycles. The van der Waals surface area contributed by atoms with Gasteiger partial charge in [0.2, 0.25) is 0 Å². The van der Waals surface area contributed by atoms with E-state index in [9.17, 15) is 13.2 Å². The molecule has 0 aliphatic heterocycles. The third-order valence-electron chi connectivity index (χ3n) is 3.20. The van der Waals surface area contributed by atoms with Crippen molar-refractivity contribution in [1.82, 2.24) is 0 Å². The zero-order valence-electron chi connectivity index (χ0n) is 12.3. The second-order valence-corrected chi connectivity index (χ2v) is 5.59. The molecule has 1 aromatic carbocycles. The minimum Gasteiger partial charge on any atom is -0.497 e. The summed E-state index contributed by atoms with van der Waals surface area (Å²) in [5.41, 5.74) is -0.996. The molecule has 0 aromatic heterocycles. The molecule has 0 fully saturated rings. The van der Waals surface area contributed by atoms with E-state index in [0.29, 0.717) is 19.4 Å². The second kappa shape index (κ2) is 6.70. The van der Waals surface area contributed by atoms with Crippen LogP contribution in [0.4, 0.5) is 18.9 Å². The van der Waals surface area contributed by atoms with Gasteiger partial charge in [-0.25, -0.2) is 0 Å². The number of ether oxygens (including phenoxy) is 1. The van der Waals surface area contributed by atoms with Crippen LogP contribution in [0, 0.1) is 16.7 Å². The number of hydrogen-bond donors (Lipinski definition) is 1. The van der Waals surface area contributed by atoms with Gasteiger partial charge in [0.15, 0.2) is 0 Å². The lowest BCUT2D eigenvalue weighted by atomic mass is 9.88. The van der Waals surface area contributed by atoms with Crippen LogP contribution in [0.3, 0.4) is 0 Å². The Morgan fingerprint density at radius 2 is 1.95 bits per heavy atom. The van der Waals surface area contributed by atoms with Crippen LogP contribution in [0.2, 0.25) is 0 Å². The first-order valence-corrected chi connectivity index (χ1v) is 6.56.